The molecule has 0 bridgehead atoms. The van der Waals surface area contributed by atoms with Crippen LogP contribution in [0.1, 0.15) is 21.6 Å². The van der Waals surface area contributed by atoms with E-state index in [1.807, 2.05) is 18.2 Å². The molecule has 3 aromatic rings. The van der Waals surface area contributed by atoms with E-state index in [1.54, 1.807) is 36.7 Å². The third kappa shape index (κ3) is 4.87. The molecule has 0 unspecified atom stereocenters. The van der Waals surface area contributed by atoms with Gasteiger partial charge in [-0.05, 0) is 42.0 Å². The van der Waals surface area contributed by atoms with Gasteiger partial charge in [-0.25, -0.2) is 9.37 Å². The Morgan fingerprint density at radius 1 is 1.00 bits per heavy atom. The van der Waals surface area contributed by atoms with Crippen molar-refractivity contribution in [2.75, 3.05) is 0 Å². The van der Waals surface area contributed by atoms with Crippen molar-refractivity contribution in [3.63, 3.8) is 0 Å². The number of hydrogen-bond donors (Lipinski definition) is 1. The SMILES string of the molecule is O=C(NCc1ccccn1)c1cccnc1SCc1ccc(F)cc1. The molecule has 25 heavy (non-hydrogen) atoms. The minimum atomic E-state index is -0.263. The number of benzene rings is 1. The molecule has 0 radical (unpaired) electrons. The average Bonchev–Trinajstić information content (AvgIpc) is 2.67. The van der Waals surface area contributed by atoms with Crippen LogP contribution < -0.4 is 5.32 Å². The van der Waals surface area contributed by atoms with Crippen molar-refractivity contribution in [3.05, 3.63) is 89.6 Å². The molecule has 3 rings (SSSR count). The first kappa shape index (κ1) is 17.1. The Hall–Kier alpha value is -2.73. The molecule has 0 saturated carbocycles. The molecular weight excluding hydrogens is 337 g/mol. The maximum absolute atomic E-state index is 13.0. The normalized spacial score (nSPS) is 10.4. The highest BCUT2D eigenvalue weighted by Crippen LogP contribution is 2.24. The summed E-state index contributed by atoms with van der Waals surface area (Å²) < 4.78 is 13.0. The smallest absolute Gasteiger partial charge is 0.254 e. The predicted molar refractivity (Wildman–Crippen MR) is 95.6 cm³/mol. The average molecular weight is 353 g/mol. The van der Waals surface area contributed by atoms with E-state index in [2.05, 4.69) is 15.3 Å². The lowest BCUT2D eigenvalue weighted by atomic mass is 10.2. The molecule has 4 nitrogen and oxygen atoms in total. The van der Waals surface area contributed by atoms with Crippen molar-refractivity contribution >= 4 is 17.7 Å². The van der Waals surface area contributed by atoms with Crippen LogP contribution in [0.15, 0.2) is 72.0 Å². The molecule has 2 heterocycles. The summed E-state index contributed by atoms with van der Waals surface area (Å²) in [6.45, 7) is 0.358. The van der Waals surface area contributed by atoms with Crippen molar-refractivity contribution in [3.8, 4) is 0 Å². The van der Waals surface area contributed by atoms with Gasteiger partial charge in [0.15, 0.2) is 0 Å². The van der Waals surface area contributed by atoms with Gasteiger partial charge in [0.2, 0.25) is 0 Å². The standard InChI is InChI=1S/C19H16FN3OS/c20-15-8-6-14(7-9-15)13-25-19-17(5-3-11-22-19)18(24)23-12-16-4-1-2-10-21-16/h1-11H,12-13H2,(H,23,24). The zero-order valence-electron chi connectivity index (χ0n) is 13.4. The number of pyridine rings is 2. The van der Waals surface area contributed by atoms with Gasteiger partial charge in [-0.3, -0.25) is 9.78 Å². The van der Waals surface area contributed by atoms with E-state index in [-0.39, 0.29) is 11.7 Å². The molecule has 0 aliphatic heterocycles. The number of rotatable bonds is 6. The van der Waals surface area contributed by atoms with Gasteiger partial charge in [-0.1, -0.05) is 18.2 Å². The molecule has 1 aromatic carbocycles. The molecule has 0 spiro atoms. The summed E-state index contributed by atoms with van der Waals surface area (Å²) >= 11 is 1.45. The second-order valence-electron chi connectivity index (χ2n) is 5.28. The first-order valence-corrected chi connectivity index (χ1v) is 8.71. The molecule has 0 saturated heterocycles. The van der Waals surface area contributed by atoms with Gasteiger partial charge < -0.3 is 5.32 Å². The minimum absolute atomic E-state index is 0.194. The predicted octanol–water partition coefficient (Wildman–Crippen LogP) is 3.84. The summed E-state index contributed by atoms with van der Waals surface area (Å²) in [6.07, 6.45) is 3.35. The summed E-state index contributed by atoms with van der Waals surface area (Å²) in [5.41, 5.74) is 2.28. The van der Waals surface area contributed by atoms with E-state index in [0.717, 1.165) is 11.3 Å². The van der Waals surface area contributed by atoms with Crippen LogP contribution in [0.4, 0.5) is 4.39 Å². The van der Waals surface area contributed by atoms with Gasteiger partial charge in [0, 0.05) is 18.1 Å². The van der Waals surface area contributed by atoms with Gasteiger partial charge in [-0.15, -0.1) is 11.8 Å². The lowest BCUT2D eigenvalue weighted by Crippen LogP contribution is -2.24. The Labute approximate surface area is 149 Å². The summed E-state index contributed by atoms with van der Waals surface area (Å²) in [5, 5.41) is 3.50. The number of hydrogen-bond acceptors (Lipinski definition) is 4. The van der Waals surface area contributed by atoms with Crippen LogP contribution in [0.25, 0.3) is 0 Å². The highest BCUT2D eigenvalue weighted by atomic mass is 32.2. The Morgan fingerprint density at radius 3 is 2.56 bits per heavy atom. The van der Waals surface area contributed by atoms with Crippen LogP contribution in [-0.4, -0.2) is 15.9 Å². The van der Waals surface area contributed by atoms with E-state index >= 15 is 0 Å². The molecule has 0 fully saturated rings. The first-order valence-electron chi connectivity index (χ1n) is 7.73. The van der Waals surface area contributed by atoms with Gasteiger partial charge in [0.05, 0.1) is 17.8 Å². The van der Waals surface area contributed by atoms with Crippen molar-refractivity contribution in [2.24, 2.45) is 0 Å². The maximum atomic E-state index is 13.0. The Balaban J connectivity index is 1.65. The van der Waals surface area contributed by atoms with Crippen molar-refractivity contribution < 1.29 is 9.18 Å². The molecule has 0 aliphatic carbocycles. The van der Waals surface area contributed by atoms with Gasteiger partial charge >= 0.3 is 0 Å². The summed E-state index contributed by atoms with van der Waals surface area (Å²) in [5.74, 6) is 0.152. The molecule has 0 aliphatic rings. The topological polar surface area (TPSA) is 54.9 Å². The molecule has 1 amide bonds. The van der Waals surface area contributed by atoms with Gasteiger partial charge in [0.25, 0.3) is 5.91 Å². The quantitative estimate of drug-likeness (QED) is 0.684. The molecule has 6 heteroatoms. The molecule has 0 atom stereocenters. The Bertz CT molecular complexity index is 841. The van der Waals surface area contributed by atoms with Gasteiger partial charge in [-0.2, -0.15) is 0 Å². The highest BCUT2D eigenvalue weighted by Gasteiger charge is 2.13. The number of aromatic nitrogens is 2. The maximum Gasteiger partial charge on any atom is 0.254 e. The van der Waals surface area contributed by atoms with Crippen molar-refractivity contribution in [2.45, 2.75) is 17.3 Å². The fourth-order valence-electron chi connectivity index (χ4n) is 2.18. The largest absolute Gasteiger partial charge is 0.346 e. The van der Waals surface area contributed by atoms with Gasteiger partial charge in [0.1, 0.15) is 10.8 Å². The number of nitrogens with zero attached hydrogens (tertiary/aromatic N) is 2. The summed E-state index contributed by atoms with van der Waals surface area (Å²) in [6, 6.07) is 15.3. The molecule has 126 valence electrons. The number of nitrogens with one attached hydrogen (secondary N) is 1. The van der Waals surface area contributed by atoms with Crippen molar-refractivity contribution in [1.29, 1.82) is 0 Å². The minimum Gasteiger partial charge on any atom is -0.346 e. The zero-order chi connectivity index (χ0) is 17.5. The van der Waals surface area contributed by atoms with Crippen LogP contribution in [0, 0.1) is 5.82 Å². The van der Waals surface area contributed by atoms with Crippen molar-refractivity contribution in [1.82, 2.24) is 15.3 Å². The summed E-state index contributed by atoms with van der Waals surface area (Å²) in [4.78, 5) is 20.9. The fourth-order valence-corrected chi connectivity index (χ4v) is 3.13. The first-order chi connectivity index (χ1) is 12.2. The lowest BCUT2D eigenvalue weighted by molar-refractivity contribution is 0.0946. The second-order valence-corrected chi connectivity index (χ2v) is 6.24. The van der Waals surface area contributed by atoms with E-state index in [9.17, 15) is 9.18 Å². The van der Waals surface area contributed by atoms with Crippen LogP contribution in [0.3, 0.4) is 0 Å². The third-order valence-corrected chi connectivity index (χ3v) is 4.54. The molecule has 1 N–H and O–H groups in total. The molecule has 2 aromatic heterocycles. The second kappa shape index (κ2) is 8.39. The van der Waals surface area contributed by atoms with E-state index in [0.29, 0.717) is 22.9 Å². The lowest BCUT2D eigenvalue weighted by Gasteiger charge is -2.09. The van der Waals surface area contributed by atoms with E-state index in [1.165, 1.54) is 23.9 Å². The van der Waals surface area contributed by atoms with E-state index < -0.39 is 0 Å². The monoisotopic (exact) mass is 353 g/mol. The van der Waals surface area contributed by atoms with E-state index in [4.69, 9.17) is 0 Å². The zero-order valence-corrected chi connectivity index (χ0v) is 14.2. The van der Waals surface area contributed by atoms with Crippen LogP contribution in [-0.2, 0) is 12.3 Å². The summed E-state index contributed by atoms with van der Waals surface area (Å²) in [7, 11) is 0. The molecular formula is C19H16FN3OS. The Morgan fingerprint density at radius 2 is 1.80 bits per heavy atom. The van der Waals surface area contributed by atoms with Crippen LogP contribution in [0.5, 0.6) is 0 Å². The van der Waals surface area contributed by atoms with Crippen LogP contribution in [0.2, 0.25) is 0 Å². The van der Waals surface area contributed by atoms with Crippen LogP contribution >= 0.6 is 11.8 Å². The number of halogens is 1. The number of carbonyl (C=O) groups is 1. The number of amides is 1. The number of carbonyl (C=O) groups excluding carboxylic acids is 1. The third-order valence-electron chi connectivity index (χ3n) is 3.46. The Kier molecular flexibility index (Phi) is 5.74. The highest BCUT2D eigenvalue weighted by molar-refractivity contribution is 7.98. The fraction of sp³-hybridized carbons (Fsp3) is 0.105. The number of thioether (sulfide) groups is 1.